The number of carboxylic acids is 1. The van der Waals surface area contributed by atoms with Crippen molar-refractivity contribution in [2.24, 2.45) is 11.8 Å². The molecular weight excluding hydrogens is 409 g/mol. The highest BCUT2D eigenvalue weighted by Gasteiger charge is 2.47. The first-order chi connectivity index (χ1) is 13.4. The summed E-state index contributed by atoms with van der Waals surface area (Å²) in [6.45, 7) is 0.262. The van der Waals surface area contributed by atoms with Crippen LogP contribution in [0.3, 0.4) is 0 Å². The van der Waals surface area contributed by atoms with Gasteiger partial charge in [0.15, 0.2) is 5.69 Å². The van der Waals surface area contributed by atoms with Crippen LogP contribution in [-0.4, -0.2) is 40.0 Å². The lowest BCUT2D eigenvalue weighted by Gasteiger charge is -2.33. The van der Waals surface area contributed by atoms with E-state index < -0.39 is 17.9 Å². The molecule has 5 atom stereocenters. The Labute approximate surface area is 169 Å². The summed E-state index contributed by atoms with van der Waals surface area (Å²) in [4.78, 5) is 15.2. The fourth-order valence-corrected chi connectivity index (χ4v) is 5.02. The number of fused-ring (bicyclic) bond motifs is 1. The Hall–Kier alpha value is -1.74. The van der Waals surface area contributed by atoms with Gasteiger partial charge in [0.05, 0.1) is 23.8 Å². The smallest absolute Gasteiger partial charge is 0.355 e. The number of halogens is 2. The highest BCUT2D eigenvalue weighted by Crippen LogP contribution is 2.46. The zero-order valence-electron chi connectivity index (χ0n) is 14.8. The second-order valence-corrected chi connectivity index (χ2v) is 8.43. The third-order valence-electron chi connectivity index (χ3n) is 5.45. The normalized spacial score (nSPS) is 29.5. The molecule has 0 bridgehead atoms. The van der Waals surface area contributed by atoms with Gasteiger partial charge in [0.1, 0.15) is 22.7 Å². The molecule has 0 amide bonds. The average molecular weight is 428 g/mol. The third-order valence-corrected chi connectivity index (χ3v) is 6.69. The highest BCUT2D eigenvalue weighted by atomic mass is 35.5. The number of aliphatic hydroxyl groups excluding tert-OH is 1. The molecule has 0 unspecified atom stereocenters. The van der Waals surface area contributed by atoms with E-state index >= 15 is 0 Å². The van der Waals surface area contributed by atoms with Crippen LogP contribution in [-0.2, 0) is 4.74 Å². The van der Waals surface area contributed by atoms with E-state index in [4.69, 9.17) is 26.2 Å². The quantitative estimate of drug-likeness (QED) is 0.751. The van der Waals surface area contributed by atoms with E-state index in [0.29, 0.717) is 23.6 Å². The van der Waals surface area contributed by atoms with E-state index in [1.54, 1.807) is 6.07 Å². The molecule has 28 heavy (non-hydrogen) atoms. The molecule has 1 aliphatic carbocycles. The maximum Gasteiger partial charge on any atom is 0.355 e. The second kappa shape index (κ2) is 7.94. The zero-order valence-corrected chi connectivity index (χ0v) is 16.3. The van der Waals surface area contributed by atoms with Crippen molar-refractivity contribution < 1.29 is 28.9 Å². The summed E-state index contributed by atoms with van der Waals surface area (Å²) < 4.78 is 25.4. The Morgan fingerprint density at radius 3 is 2.96 bits per heavy atom. The molecule has 1 aromatic heterocycles. The fourth-order valence-electron chi connectivity index (χ4n) is 4.04. The van der Waals surface area contributed by atoms with E-state index in [1.165, 1.54) is 28.8 Å². The van der Waals surface area contributed by atoms with Gasteiger partial charge in [-0.15, -0.1) is 11.3 Å². The lowest BCUT2D eigenvalue weighted by atomic mass is 9.87. The number of aromatic nitrogens is 1. The van der Waals surface area contributed by atoms with Crippen molar-refractivity contribution in [3.8, 4) is 5.75 Å². The SMILES string of the molecule is O=C(O)c1csc([C@H]2CC[C@@H]3[C@@H](COc4ccc(Cl)c(F)c4)[C@@H](O)C[C@@H]3O2)n1. The van der Waals surface area contributed by atoms with Crippen molar-refractivity contribution in [3.05, 3.63) is 45.1 Å². The Kier molecular flexibility index (Phi) is 5.55. The zero-order chi connectivity index (χ0) is 19.8. The molecule has 2 aliphatic rings. The van der Waals surface area contributed by atoms with Gasteiger partial charge in [0.2, 0.25) is 0 Å². The van der Waals surface area contributed by atoms with Crippen LogP contribution in [0.25, 0.3) is 0 Å². The molecule has 1 saturated carbocycles. The molecule has 2 N–H and O–H groups in total. The van der Waals surface area contributed by atoms with Gasteiger partial charge in [-0.05, 0) is 30.9 Å². The number of aliphatic hydroxyl groups is 1. The summed E-state index contributed by atoms with van der Waals surface area (Å²) in [6, 6.07) is 4.27. The number of thiazole rings is 1. The average Bonchev–Trinajstić information content (AvgIpc) is 3.27. The largest absolute Gasteiger partial charge is 0.493 e. The number of carboxylic acid groups (broad SMARTS) is 1. The molecule has 0 radical (unpaired) electrons. The van der Waals surface area contributed by atoms with E-state index in [0.717, 1.165) is 6.42 Å². The highest BCUT2D eigenvalue weighted by molar-refractivity contribution is 7.09. The van der Waals surface area contributed by atoms with Crippen molar-refractivity contribution in [3.63, 3.8) is 0 Å². The number of hydrogen-bond donors (Lipinski definition) is 2. The van der Waals surface area contributed by atoms with E-state index in [9.17, 15) is 14.3 Å². The van der Waals surface area contributed by atoms with Crippen molar-refractivity contribution in [2.75, 3.05) is 6.61 Å². The maximum absolute atomic E-state index is 13.6. The number of nitrogens with zero attached hydrogens (tertiary/aromatic N) is 1. The summed E-state index contributed by atoms with van der Waals surface area (Å²) in [5.41, 5.74) is 0.0265. The Bertz CT molecular complexity index is 878. The standard InChI is InChI=1S/C19H19ClFNO5S/c20-12-3-1-9(5-13(12)21)26-7-11-10-2-4-16(27-17(10)6-15(11)23)18-22-14(8-28-18)19(24)25/h1,3,5,8,10-11,15-17,23H,2,4,6-7H2,(H,24,25)/t10-,11-,15+,16-,17+/m1/s1. The molecule has 0 spiro atoms. The van der Waals surface area contributed by atoms with E-state index in [1.807, 2.05) is 0 Å². The summed E-state index contributed by atoms with van der Waals surface area (Å²) in [5, 5.41) is 21.7. The van der Waals surface area contributed by atoms with Gasteiger partial charge >= 0.3 is 5.97 Å². The first kappa shape index (κ1) is 19.6. The minimum atomic E-state index is -1.05. The van der Waals surface area contributed by atoms with Crippen LogP contribution in [0.4, 0.5) is 4.39 Å². The van der Waals surface area contributed by atoms with Crippen molar-refractivity contribution in [1.82, 2.24) is 4.98 Å². The van der Waals surface area contributed by atoms with Gasteiger partial charge in [-0.3, -0.25) is 0 Å². The molecule has 4 rings (SSSR count). The molecule has 2 aromatic rings. The monoisotopic (exact) mass is 427 g/mol. The predicted octanol–water partition coefficient (Wildman–Crippen LogP) is 3.93. The lowest BCUT2D eigenvalue weighted by molar-refractivity contribution is -0.0812. The molecule has 1 saturated heterocycles. The Balaban J connectivity index is 1.39. The number of ether oxygens (including phenoxy) is 2. The summed E-state index contributed by atoms with van der Waals surface area (Å²) in [5.74, 6) is -1.21. The summed E-state index contributed by atoms with van der Waals surface area (Å²) in [6.07, 6.45) is 1.04. The summed E-state index contributed by atoms with van der Waals surface area (Å²) in [7, 11) is 0. The molecule has 2 fully saturated rings. The number of carbonyl (C=O) groups is 1. The minimum Gasteiger partial charge on any atom is -0.493 e. The van der Waals surface area contributed by atoms with Crippen LogP contribution in [0.5, 0.6) is 5.75 Å². The topological polar surface area (TPSA) is 88.9 Å². The molecule has 1 aromatic carbocycles. The molecule has 2 heterocycles. The predicted molar refractivity (Wildman–Crippen MR) is 100 cm³/mol. The van der Waals surface area contributed by atoms with Crippen LogP contribution in [0.1, 0.15) is 40.9 Å². The van der Waals surface area contributed by atoms with Crippen LogP contribution in [0, 0.1) is 17.7 Å². The van der Waals surface area contributed by atoms with Crippen molar-refractivity contribution in [2.45, 2.75) is 37.6 Å². The number of rotatable bonds is 5. The van der Waals surface area contributed by atoms with Crippen molar-refractivity contribution in [1.29, 1.82) is 0 Å². The van der Waals surface area contributed by atoms with Crippen LogP contribution in [0.15, 0.2) is 23.6 Å². The minimum absolute atomic E-state index is 0.0265. The van der Waals surface area contributed by atoms with E-state index in [-0.39, 0.29) is 41.4 Å². The Morgan fingerprint density at radius 2 is 2.25 bits per heavy atom. The number of benzene rings is 1. The molecule has 150 valence electrons. The second-order valence-electron chi connectivity index (χ2n) is 7.13. The molecule has 6 nitrogen and oxygen atoms in total. The maximum atomic E-state index is 13.6. The lowest BCUT2D eigenvalue weighted by Crippen LogP contribution is -2.33. The van der Waals surface area contributed by atoms with Gasteiger partial charge in [-0.1, -0.05) is 11.6 Å². The fraction of sp³-hybridized carbons (Fsp3) is 0.474. The van der Waals surface area contributed by atoms with Crippen molar-refractivity contribution >= 4 is 28.9 Å². The van der Waals surface area contributed by atoms with Crippen LogP contribution in [0.2, 0.25) is 5.02 Å². The molecule has 9 heteroatoms. The Morgan fingerprint density at radius 1 is 1.43 bits per heavy atom. The summed E-state index contributed by atoms with van der Waals surface area (Å²) >= 11 is 6.96. The van der Waals surface area contributed by atoms with Crippen LogP contribution < -0.4 is 4.74 Å². The third kappa shape index (κ3) is 3.87. The van der Waals surface area contributed by atoms with E-state index in [2.05, 4.69) is 4.98 Å². The number of aromatic carboxylic acids is 1. The first-order valence-electron chi connectivity index (χ1n) is 9.02. The van der Waals surface area contributed by atoms with Crippen LogP contribution >= 0.6 is 22.9 Å². The van der Waals surface area contributed by atoms with Gasteiger partial charge in [0, 0.05) is 23.8 Å². The van der Waals surface area contributed by atoms with Gasteiger partial charge in [-0.25, -0.2) is 14.2 Å². The van der Waals surface area contributed by atoms with Gasteiger partial charge < -0.3 is 19.7 Å². The first-order valence-corrected chi connectivity index (χ1v) is 10.3. The van der Waals surface area contributed by atoms with Gasteiger partial charge in [-0.2, -0.15) is 0 Å². The number of hydrogen-bond acceptors (Lipinski definition) is 6. The van der Waals surface area contributed by atoms with Gasteiger partial charge in [0.25, 0.3) is 0 Å². The molecule has 1 aliphatic heterocycles. The molecular formula is C19H19ClFNO5S.